The molecule has 2 unspecified atom stereocenters. The minimum absolute atomic E-state index is 0.0650. The molecule has 1 aliphatic rings. The molecule has 1 aromatic rings. The second-order valence-electron chi connectivity index (χ2n) is 11.4. The van der Waals surface area contributed by atoms with Crippen LogP contribution >= 0.6 is 12.6 Å². The maximum Gasteiger partial charge on any atom is 0.408 e. The number of thiol groups is 1. The fourth-order valence-electron chi connectivity index (χ4n) is 4.34. The van der Waals surface area contributed by atoms with Gasteiger partial charge in [0.15, 0.2) is 0 Å². The Morgan fingerprint density at radius 2 is 1.60 bits per heavy atom. The lowest BCUT2D eigenvalue weighted by Crippen LogP contribution is -2.59. The summed E-state index contributed by atoms with van der Waals surface area (Å²) >= 11 is 4.34. The highest BCUT2D eigenvalue weighted by molar-refractivity contribution is 7.80. The predicted octanol–water partition coefficient (Wildman–Crippen LogP) is 4.94. The fourth-order valence-corrected chi connectivity index (χ4v) is 4.59. The van der Waals surface area contributed by atoms with Gasteiger partial charge in [0.05, 0.1) is 0 Å². The lowest BCUT2D eigenvalue weighted by atomic mass is 9.92. The van der Waals surface area contributed by atoms with Crippen molar-refractivity contribution in [3.05, 3.63) is 35.4 Å². The van der Waals surface area contributed by atoms with Crippen LogP contribution in [-0.2, 0) is 14.3 Å². The Labute approximate surface area is 216 Å². The molecule has 8 heteroatoms. The molecule has 2 N–H and O–H groups in total. The molecule has 0 heterocycles. The topological polar surface area (TPSA) is 87.7 Å². The summed E-state index contributed by atoms with van der Waals surface area (Å²) in [5.74, 6) is -0.530. The van der Waals surface area contributed by atoms with E-state index in [0.29, 0.717) is 0 Å². The summed E-state index contributed by atoms with van der Waals surface area (Å²) in [5.41, 5.74) is 0.367. The fraction of sp³-hybridized carbons (Fsp3) is 0.667. The second kappa shape index (κ2) is 12.2. The maximum absolute atomic E-state index is 13.9. The van der Waals surface area contributed by atoms with Gasteiger partial charge in [-0.25, -0.2) is 4.79 Å². The summed E-state index contributed by atoms with van der Waals surface area (Å²) in [6, 6.07) is 5.96. The lowest BCUT2D eigenvalue weighted by molar-refractivity contribution is -0.148. The third-order valence-corrected chi connectivity index (χ3v) is 6.35. The SMILES string of the molecule is Cc1ccc(C(C(=O)NC2CCCCC2)N(C(=O)C(CS)NC(=O)OC(C)(C)C)C(C)(C)C)cc1. The van der Waals surface area contributed by atoms with Crippen LogP contribution in [0.1, 0.15) is 90.8 Å². The highest BCUT2D eigenvalue weighted by atomic mass is 32.1. The van der Waals surface area contributed by atoms with Gasteiger partial charge in [-0.1, -0.05) is 49.1 Å². The molecule has 0 bridgehead atoms. The first kappa shape index (κ1) is 29.0. The lowest BCUT2D eigenvalue weighted by Gasteiger charge is -2.43. The van der Waals surface area contributed by atoms with E-state index in [2.05, 4.69) is 23.3 Å². The monoisotopic (exact) mass is 505 g/mol. The smallest absolute Gasteiger partial charge is 0.408 e. The Morgan fingerprint density at radius 3 is 2.09 bits per heavy atom. The molecule has 2 rings (SSSR count). The van der Waals surface area contributed by atoms with Gasteiger partial charge in [-0.2, -0.15) is 12.6 Å². The van der Waals surface area contributed by atoms with Crippen LogP contribution in [0.5, 0.6) is 0 Å². The first-order chi connectivity index (χ1) is 16.2. The van der Waals surface area contributed by atoms with Crippen LogP contribution in [0.4, 0.5) is 4.79 Å². The number of alkyl carbamates (subject to hydrolysis) is 1. The van der Waals surface area contributed by atoms with E-state index in [0.717, 1.165) is 36.8 Å². The first-order valence-corrected chi connectivity index (χ1v) is 13.2. The average molecular weight is 506 g/mol. The van der Waals surface area contributed by atoms with Crippen LogP contribution in [-0.4, -0.2) is 51.8 Å². The van der Waals surface area contributed by atoms with E-state index in [9.17, 15) is 14.4 Å². The number of nitrogens with zero attached hydrogens (tertiary/aromatic N) is 1. The predicted molar refractivity (Wildman–Crippen MR) is 143 cm³/mol. The van der Waals surface area contributed by atoms with Gasteiger partial charge in [-0.05, 0) is 66.9 Å². The summed E-state index contributed by atoms with van der Waals surface area (Å²) in [4.78, 5) is 41.7. The van der Waals surface area contributed by atoms with E-state index in [1.54, 1.807) is 25.7 Å². The van der Waals surface area contributed by atoms with Gasteiger partial charge in [-0.3, -0.25) is 9.59 Å². The van der Waals surface area contributed by atoms with Gasteiger partial charge in [-0.15, -0.1) is 0 Å². The van der Waals surface area contributed by atoms with Crippen molar-refractivity contribution in [2.45, 2.75) is 110 Å². The molecule has 0 radical (unpaired) electrons. The van der Waals surface area contributed by atoms with Crippen LogP contribution in [0.15, 0.2) is 24.3 Å². The van der Waals surface area contributed by atoms with Crippen LogP contribution < -0.4 is 10.6 Å². The normalized spacial score (nSPS) is 16.7. The molecule has 7 nitrogen and oxygen atoms in total. The van der Waals surface area contributed by atoms with E-state index >= 15 is 0 Å². The standard InChI is InChI=1S/C27H43N3O4S/c1-18-13-15-19(16-14-18)22(23(31)28-20-11-9-8-10-12-20)30(26(2,3)4)24(32)21(17-35)29-25(33)34-27(5,6)7/h13-16,20-22,35H,8-12,17H2,1-7H3,(H,28,31)(H,29,33). The highest BCUT2D eigenvalue weighted by Crippen LogP contribution is 2.31. The minimum atomic E-state index is -0.956. The number of aryl methyl sites for hydroxylation is 1. The van der Waals surface area contributed by atoms with Crippen molar-refractivity contribution in [3.8, 4) is 0 Å². The number of hydrogen-bond donors (Lipinski definition) is 3. The number of carbonyl (C=O) groups excluding carboxylic acids is 3. The van der Waals surface area contributed by atoms with Gasteiger partial charge in [0.1, 0.15) is 17.7 Å². The third kappa shape index (κ3) is 8.74. The Balaban J connectivity index is 2.43. The van der Waals surface area contributed by atoms with Crippen LogP contribution in [0.3, 0.4) is 0 Å². The molecule has 1 aliphatic carbocycles. The van der Waals surface area contributed by atoms with Crippen LogP contribution in [0.25, 0.3) is 0 Å². The van der Waals surface area contributed by atoms with Crippen LogP contribution in [0, 0.1) is 6.92 Å². The molecule has 0 spiro atoms. The van der Waals surface area contributed by atoms with Crippen molar-refractivity contribution in [2.24, 2.45) is 0 Å². The molecule has 3 amide bonds. The van der Waals surface area contributed by atoms with Gasteiger partial charge in [0.25, 0.3) is 0 Å². The highest BCUT2D eigenvalue weighted by Gasteiger charge is 2.42. The summed E-state index contributed by atoms with van der Waals surface area (Å²) in [5, 5.41) is 5.86. The summed E-state index contributed by atoms with van der Waals surface area (Å²) < 4.78 is 5.36. The Morgan fingerprint density at radius 1 is 1.03 bits per heavy atom. The van der Waals surface area contributed by atoms with E-state index in [4.69, 9.17) is 4.74 Å². The van der Waals surface area contributed by atoms with E-state index in [1.165, 1.54) is 6.42 Å². The molecule has 35 heavy (non-hydrogen) atoms. The van der Waals surface area contributed by atoms with Gasteiger partial charge >= 0.3 is 6.09 Å². The number of benzene rings is 1. The zero-order valence-electron chi connectivity index (χ0n) is 22.3. The maximum atomic E-state index is 13.9. The number of nitrogens with one attached hydrogen (secondary N) is 2. The Hall–Kier alpha value is -2.22. The molecular weight excluding hydrogens is 462 g/mol. The number of hydrogen-bond acceptors (Lipinski definition) is 5. The molecule has 0 saturated heterocycles. The Bertz CT molecular complexity index is 868. The second-order valence-corrected chi connectivity index (χ2v) is 11.8. The van der Waals surface area contributed by atoms with Gasteiger partial charge in [0, 0.05) is 17.3 Å². The molecule has 2 atom stereocenters. The number of ether oxygens (including phenoxy) is 1. The third-order valence-electron chi connectivity index (χ3n) is 5.98. The van der Waals surface area contributed by atoms with E-state index in [-0.39, 0.29) is 23.6 Å². The molecule has 0 aromatic heterocycles. The van der Waals surface area contributed by atoms with Gasteiger partial charge < -0.3 is 20.3 Å². The summed E-state index contributed by atoms with van der Waals surface area (Å²) in [7, 11) is 0. The number of carbonyl (C=O) groups is 3. The van der Waals surface area contributed by atoms with E-state index < -0.39 is 29.3 Å². The largest absolute Gasteiger partial charge is 0.444 e. The van der Waals surface area contributed by atoms with Crippen molar-refractivity contribution in [2.75, 3.05) is 5.75 Å². The average Bonchev–Trinajstić information content (AvgIpc) is 2.74. The first-order valence-electron chi connectivity index (χ1n) is 12.5. The number of amides is 3. The molecular formula is C27H43N3O4S. The van der Waals surface area contributed by atoms with E-state index in [1.807, 2.05) is 52.0 Å². The number of rotatable bonds is 7. The van der Waals surface area contributed by atoms with Crippen molar-refractivity contribution < 1.29 is 19.1 Å². The van der Waals surface area contributed by atoms with Crippen molar-refractivity contribution in [1.82, 2.24) is 15.5 Å². The zero-order chi connectivity index (χ0) is 26.4. The molecule has 1 saturated carbocycles. The molecule has 196 valence electrons. The van der Waals surface area contributed by atoms with Crippen molar-refractivity contribution in [3.63, 3.8) is 0 Å². The van der Waals surface area contributed by atoms with Crippen LogP contribution in [0.2, 0.25) is 0 Å². The zero-order valence-corrected chi connectivity index (χ0v) is 23.2. The Kier molecular flexibility index (Phi) is 10.1. The molecule has 0 aliphatic heterocycles. The molecule has 1 aromatic carbocycles. The summed E-state index contributed by atoms with van der Waals surface area (Å²) in [6.45, 7) is 12.9. The molecule has 1 fully saturated rings. The van der Waals surface area contributed by atoms with Gasteiger partial charge in [0.2, 0.25) is 11.8 Å². The van der Waals surface area contributed by atoms with Crippen molar-refractivity contribution in [1.29, 1.82) is 0 Å². The minimum Gasteiger partial charge on any atom is -0.444 e. The van der Waals surface area contributed by atoms with Crippen molar-refractivity contribution >= 4 is 30.5 Å². The quantitative estimate of drug-likeness (QED) is 0.458. The summed E-state index contributed by atoms with van der Waals surface area (Å²) in [6.07, 6.45) is 4.54.